The van der Waals surface area contributed by atoms with Crippen LogP contribution in [-0.2, 0) is 14.8 Å². The Kier molecular flexibility index (Phi) is 7.21. The molecule has 1 amide bonds. The lowest BCUT2D eigenvalue weighted by Crippen LogP contribution is -2.40. The Labute approximate surface area is 167 Å². The highest BCUT2D eigenvalue weighted by atomic mass is 32.2. The molecule has 0 fully saturated rings. The maximum absolute atomic E-state index is 12.4. The van der Waals surface area contributed by atoms with E-state index in [9.17, 15) is 13.2 Å². The van der Waals surface area contributed by atoms with Gasteiger partial charge in [0.15, 0.2) is 0 Å². The molecule has 0 saturated carbocycles. The molecule has 0 radical (unpaired) electrons. The summed E-state index contributed by atoms with van der Waals surface area (Å²) in [4.78, 5) is 12.2. The van der Waals surface area contributed by atoms with Crippen LogP contribution in [0.3, 0.4) is 0 Å². The number of hydrogen-bond donors (Lipinski definition) is 2. The zero-order valence-corrected chi connectivity index (χ0v) is 17.6. The van der Waals surface area contributed by atoms with Crippen LogP contribution < -0.4 is 14.8 Å². The molecule has 0 aliphatic carbocycles. The van der Waals surface area contributed by atoms with Crippen molar-refractivity contribution in [2.24, 2.45) is 0 Å². The number of rotatable bonds is 8. The number of nitrogens with one attached hydrogen (secondary N) is 2. The van der Waals surface area contributed by atoms with Gasteiger partial charge in [0.1, 0.15) is 5.75 Å². The maximum atomic E-state index is 12.4. The molecule has 0 aromatic heterocycles. The third kappa shape index (κ3) is 7.32. The first-order valence-electron chi connectivity index (χ1n) is 9.18. The van der Waals surface area contributed by atoms with Crippen molar-refractivity contribution in [3.05, 3.63) is 54.1 Å². The fourth-order valence-electron chi connectivity index (χ4n) is 2.48. The quantitative estimate of drug-likeness (QED) is 0.654. The standard InChI is InChI=1S/C21H28N2O4S/c1-16-10-12-18(13-11-16)27-14-6-9-20(24)22-17-7-5-8-19(15-17)28(25,26)23-21(2,3)4/h5,7-8,10-13,15,23H,6,9,14H2,1-4H3,(H,22,24). The predicted octanol–water partition coefficient (Wildman–Crippen LogP) is 3.87. The number of aryl methyl sites for hydroxylation is 1. The average Bonchev–Trinajstić information content (AvgIpc) is 2.58. The SMILES string of the molecule is Cc1ccc(OCCCC(=O)Nc2cccc(S(=O)(=O)NC(C)(C)C)c2)cc1. The highest BCUT2D eigenvalue weighted by Gasteiger charge is 2.22. The van der Waals surface area contributed by atoms with Crippen molar-refractivity contribution in [1.82, 2.24) is 4.72 Å². The summed E-state index contributed by atoms with van der Waals surface area (Å²) in [6.07, 6.45) is 0.840. The van der Waals surface area contributed by atoms with Crippen LogP contribution in [0.4, 0.5) is 5.69 Å². The molecule has 0 atom stereocenters. The van der Waals surface area contributed by atoms with Crippen LogP contribution in [0.25, 0.3) is 0 Å². The smallest absolute Gasteiger partial charge is 0.241 e. The van der Waals surface area contributed by atoms with Gasteiger partial charge in [-0.05, 0) is 64.4 Å². The first-order valence-corrected chi connectivity index (χ1v) is 10.7. The maximum Gasteiger partial charge on any atom is 0.241 e. The van der Waals surface area contributed by atoms with Crippen molar-refractivity contribution in [2.75, 3.05) is 11.9 Å². The van der Waals surface area contributed by atoms with Crippen molar-refractivity contribution < 1.29 is 17.9 Å². The summed E-state index contributed by atoms with van der Waals surface area (Å²) in [6, 6.07) is 14.0. The van der Waals surface area contributed by atoms with Gasteiger partial charge in [-0.2, -0.15) is 0 Å². The van der Waals surface area contributed by atoms with E-state index in [-0.39, 0.29) is 17.2 Å². The van der Waals surface area contributed by atoms with E-state index in [1.807, 2.05) is 31.2 Å². The zero-order chi connectivity index (χ0) is 20.8. The van der Waals surface area contributed by atoms with E-state index in [0.29, 0.717) is 18.7 Å². The Bertz CT molecular complexity index is 901. The summed E-state index contributed by atoms with van der Waals surface area (Å²) >= 11 is 0. The van der Waals surface area contributed by atoms with Gasteiger partial charge in [0.2, 0.25) is 15.9 Å². The van der Waals surface area contributed by atoms with Crippen LogP contribution in [0, 0.1) is 6.92 Å². The highest BCUT2D eigenvalue weighted by Crippen LogP contribution is 2.18. The Morgan fingerprint density at radius 2 is 1.75 bits per heavy atom. The molecule has 2 aromatic rings. The third-order valence-corrected chi connectivity index (χ3v) is 5.46. The summed E-state index contributed by atoms with van der Waals surface area (Å²) < 4.78 is 33.0. The van der Waals surface area contributed by atoms with Crippen molar-refractivity contribution in [3.8, 4) is 5.75 Å². The lowest BCUT2D eigenvalue weighted by atomic mass is 10.1. The molecule has 0 heterocycles. The van der Waals surface area contributed by atoms with E-state index >= 15 is 0 Å². The van der Waals surface area contributed by atoms with Crippen molar-refractivity contribution in [3.63, 3.8) is 0 Å². The van der Waals surface area contributed by atoms with Crippen LogP contribution in [0.1, 0.15) is 39.2 Å². The topological polar surface area (TPSA) is 84.5 Å². The van der Waals surface area contributed by atoms with E-state index in [1.165, 1.54) is 12.1 Å². The molecule has 28 heavy (non-hydrogen) atoms. The summed E-state index contributed by atoms with van der Waals surface area (Å²) in [6.45, 7) is 7.76. The molecule has 7 heteroatoms. The lowest BCUT2D eigenvalue weighted by Gasteiger charge is -2.20. The van der Waals surface area contributed by atoms with Crippen molar-refractivity contribution >= 4 is 21.6 Å². The number of carbonyl (C=O) groups is 1. The molecule has 152 valence electrons. The van der Waals surface area contributed by atoms with Gasteiger partial charge in [-0.1, -0.05) is 23.8 Å². The number of amides is 1. The first-order chi connectivity index (χ1) is 13.0. The highest BCUT2D eigenvalue weighted by molar-refractivity contribution is 7.89. The van der Waals surface area contributed by atoms with Gasteiger partial charge >= 0.3 is 0 Å². The van der Waals surface area contributed by atoms with E-state index < -0.39 is 15.6 Å². The van der Waals surface area contributed by atoms with Gasteiger partial charge in [-0.15, -0.1) is 0 Å². The minimum absolute atomic E-state index is 0.114. The van der Waals surface area contributed by atoms with Crippen LogP contribution in [0.15, 0.2) is 53.4 Å². The normalized spacial score (nSPS) is 11.9. The largest absolute Gasteiger partial charge is 0.494 e. The molecule has 0 unspecified atom stereocenters. The second-order valence-corrected chi connectivity index (χ2v) is 9.38. The second-order valence-electron chi connectivity index (χ2n) is 7.70. The summed E-state index contributed by atoms with van der Waals surface area (Å²) in [5, 5.41) is 2.74. The monoisotopic (exact) mass is 404 g/mol. The predicted molar refractivity (Wildman–Crippen MR) is 111 cm³/mol. The minimum Gasteiger partial charge on any atom is -0.494 e. The van der Waals surface area contributed by atoms with Crippen LogP contribution >= 0.6 is 0 Å². The van der Waals surface area contributed by atoms with Gasteiger partial charge in [0.25, 0.3) is 0 Å². The molecular weight excluding hydrogens is 376 g/mol. The van der Waals surface area contributed by atoms with E-state index in [4.69, 9.17) is 4.74 Å². The molecular formula is C21H28N2O4S. The Morgan fingerprint density at radius 1 is 1.07 bits per heavy atom. The van der Waals surface area contributed by atoms with Crippen molar-refractivity contribution in [1.29, 1.82) is 0 Å². The van der Waals surface area contributed by atoms with Crippen LogP contribution in [0.5, 0.6) is 5.75 Å². The van der Waals surface area contributed by atoms with Crippen molar-refractivity contribution in [2.45, 2.75) is 51.0 Å². The van der Waals surface area contributed by atoms with E-state index in [2.05, 4.69) is 10.0 Å². The molecule has 0 aliphatic heterocycles. The van der Waals surface area contributed by atoms with Gasteiger partial charge in [0.05, 0.1) is 11.5 Å². The summed E-state index contributed by atoms with van der Waals surface area (Å²) in [5.74, 6) is 0.584. The van der Waals surface area contributed by atoms with Gasteiger partial charge in [-0.3, -0.25) is 4.79 Å². The second kappa shape index (κ2) is 9.21. The van der Waals surface area contributed by atoms with Gasteiger partial charge < -0.3 is 10.1 Å². The number of benzene rings is 2. The van der Waals surface area contributed by atoms with Gasteiger partial charge in [-0.25, -0.2) is 13.1 Å². The third-order valence-electron chi connectivity index (χ3n) is 3.71. The molecule has 2 aromatic carbocycles. The molecule has 2 rings (SSSR count). The first kappa shape index (κ1) is 21.9. The Balaban J connectivity index is 1.86. The van der Waals surface area contributed by atoms with E-state index in [1.54, 1.807) is 32.9 Å². The van der Waals surface area contributed by atoms with Crippen LogP contribution in [0.2, 0.25) is 0 Å². The molecule has 0 aliphatic rings. The number of ether oxygens (including phenoxy) is 1. The number of carbonyl (C=O) groups excluding carboxylic acids is 1. The number of anilines is 1. The lowest BCUT2D eigenvalue weighted by molar-refractivity contribution is -0.116. The fraction of sp³-hybridized carbons (Fsp3) is 0.381. The average molecular weight is 405 g/mol. The Hall–Kier alpha value is -2.38. The molecule has 6 nitrogen and oxygen atoms in total. The zero-order valence-electron chi connectivity index (χ0n) is 16.8. The summed E-state index contributed by atoms with van der Waals surface area (Å²) in [7, 11) is -3.65. The molecule has 0 saturated heterocycles. The molecule has 2 N–H and O–H groups in total. The van der Waals surface area contributed by atoms with Gasteiger partial charge in [0, 0.05) is 17.6 Å². The fourth-order valence-corrected chi connectivity index (χ4v) is 3.95. The summed E-state index contributed by atoms with van der Waals surface area (Å²) in [5.41, 5.74) is 1.02. The Morgan fingerprint density at radius 3 is 2.39 bits per heavy atom. The molecule has 0 bridgehead atoms. The number of hydrogen-bond acceptors (Lipinski definition) is 4. The van der Waals surface area contributed by atoms with E-state index in [0.717, 1.165) is 11.3 Å². The number of sulfonamides is 1. The minimum atomic E-state index is -3.65. The molecule has 0 spiro atoms. The van der Waals surface area contributed by atoms with Crippen LogP contribution in [-0.4, -0.2) is 26.5 Å².